The average Bonchev–Trinajstić information content (AvgIpc) is 3.57. The molecule has 3 heterocycles. The second-order valence-corrected chi connectivity index (χ2v) is 11.8. The number of benzene rings is 1. The van der Waals surface area contributed by atoms with Crippen LogP contribution in [-0.2, 0) is 32.3 Å². The van der Waals surface area contributed by atoms with Crippen molar-refractivity contribution in [3.8, 4) is 0 Å². The van der Waals surface area contributed by atoms with Gasteiger partial charge in [0.1, 0.15) is 11.6 Å². The molecule has 4 rings (SSSR count). The third-order valence-corrected chi connectivity index (χ3v) is 7.66. The predicted molar refractivity (Wildman–Crippen MR) is 149 cm³/mol. The molecule has 1 atom stereocenters. The van der Waals surface area contributed by atoms with Crippen LogP contribution < -0.4 is 14.8 Å². The zero-order valence-electron chi connectivity index (χ0n) is 22.5. The molecule has 0 radical (unpaired) electrons. The van der Waals surface area contributed by atoms with E-state index in [2.05, 4.69) is 29.6 Å². The number of likely N-dealkylation sites (N-methyl/N-ethyl adjacent to an activating group) is 1. The number of thiol groups is 1. The lowest BCUT2D eigenvalue weighted by atomic mass is 10.1. The minimum absolute atomic E-state index is 0.0743. The lowest BCUT2D eigenvalue weighted by Gasteiger charge is -2.28. The number of halogens is 5. The Kier molecular flexibility index (Phi) is 12.7. The number of carboxylic acid groups (broad SMARTS) is 1. The summed E-state index contributed by atoms with van der Waals surface area (Å²) in [6.45, 7) is 3.60. The van der Waals surface area contributed by atoms with Crippen LogP contribution in [0.5, 0.6) is 0 Å². The molecule has 1 aromatic carbocycles. The normalized spacial score (nSPS) is 15.2. The van der Waals surface area contributed by atoms with Crippen LogP contribution in [0.1, 0.15) is 17.5 Å². The van der Waals surface area contributed by atoms with Crippen LogP contribution in [0.2, 0.25) is 0 Å². The first-order valence-corrected chi connectivity index (χ1v) is 15.5. The smallest absolute Gasteiger partial charge is 0.475 e. The van der Waals surface area contributed by atoms with Gasteiger partial charge in [-0.15, -0.1) is 11.3 Å². The number of hydrogen-bond donors (Lipinski definition) is 4. The first kappa shape index (κ1) is 35.7. The number of aromatic nitrogens is 2. The van der Waals surface area contributed by atoms with E-state index < -0.39 is 44.7 Å². The molecule has 0 unspecified atom stereocenters. The van der Waals surface area contributed by atoms with Gasteiger partial charge in [0, 0.05) is 43.7 Å². The Morgan fingerprint density at radius 3 is 2.42 bits per heavy atom. The van der Waals surface area contributed by atoms with E-state index in [4.69, 9.17) is 18.3 Å². The van der Waals surface area contributed by atoms with Gasteiger partial charge in [-0.2, -0.15) is 21.6 Å². The molecular weight excluding hydrogens is 647 g/mol. The van der Waals surface area contributed by atoms with E-state index in [1.165, 1.54) is 23.5 Å². The number of nitrogens with two attached hydrogens (primary N) is 1. The Morgan fingerprint density at radius 2 is 1.88 bits per heavy atom. The number of nitrogens with one attached hydrogen (secondary N) is 1. The summed E-state index contributed by atoms with van der Waals surface area (Å²) in [4.78, 5) is 21.2. The van der Waals surface area contributed by atoms with Crippen LogP contribution in [0.4, 0.5) is 33.5 Å². The highest BCUT2D eigenvalue weighted by atomic mass is 32.2. The summed E-state index contributed by atoms with van der Waals surface area (Å²) in [6.07, 6.45) is -2.68. The van der Waals surface area contributed by atoms with E-state index in [0.29, 0.717) is 18.7 Å². The fourth-order valence-corrected chi connectivity index (χ4v) is 5.44. The molecule has 12 nitrogen and oxygen atoms in total. The van der Waals surface area contributed by atoms with Gasteiger partial charge in [0.25, 0.3) is 10.0 Å². The highest BCUT2D eigenvalue weighted by Gasteiger charge is 2.38. The largest absolute Gasteiger partial charge is 0.490 e. The van der Waals surface area contributed by atoms with Crippen molar-refractivity contribution in [1.82, 2.24) is 14.9 Å². The SMILES string of the molecule is Cc1cc(S(=O)(=O)Nc2cscn2)ncc1N(C)[C@H]1CCN(Cc2cc(F)ccc2F)C1.N[SH](=O)=O.O=C(O)C(F)(F)F. The highest BCUT2D eigenvalue weighted by Crippen LogP contribution is 2.27. The topological polar surface area (TPSA) is 176 Å². The molecule has 1 aliphatic heterocycles. The van der Waals surface area contributed by atoms with Crippen LogP contribution in [0.15, 0.2) is 46.4 Å². The number of sulfonamides is 1. The molecule has 3 aromatic rings. The van der Waals surface area contributed by atoms with Gasteiger partial charge < -0.3 is 10.0 Å². The number of aryl methyl sites for hydroxylation is 1. The van der Waals surface area contributed by atoms with Crippen molar-refractivity contribution in [2.45, 2.75) is 37.1 Å². The molecule has 2 aromatic heterocycles. The molecule has 1 fully saturated rings. The number of carbonyl (C=O) groups is 1. The van der Waals surface area contributed by atoms with E-state index in [1.54, 1.807) is 17.1 Å². The number of rotatable bonds is 7. The van der Waals surface area contributed by atoms with Gasteiger partial charge in [-0.1, -0.05) is 0 Å². The zero-order chi connectivity index (χ0) is 32.5. The van der Waals surface area contributed by atoms with Crippen molar-refractivity contribution >= 4 is 49.7 Å². The Labute approximate surface area is 249 Å². The number of pyridine rings is 1. The first-order valence-electron chi connectivity index (χ1n) is 11.9. The van der Waals surface area contributed by atoms with Crippen molar-refractivity contribution in [1.29, 1.82) is 0 Å². The minimum atomic E-state index is -5.08. The third kappa shape index (κ3) is 11.3. The van der Waals surface area contributed by atoms with E-state index in [0.717, 1.165) is 36.3 Å². The third-order valence-electron chi connectivity index (χ3n) is 5.82. The maximum Gasteiger partial charge on any atom is 0.490 e. The number of anilines is 2. The molecule has 1 aliphatic rings. The zero-order valence-corrected chi connectivity index (χ0v) is 25.0. The minimum Gasteiger partial charge on any atom is -0.475 e. The van der Waals surface area contributed by atoms with Gasteiger partial charge in [0.05, 0.1) is 17.4 Å². The predicted octanol–water partition coefficient (Wildman–Crippen LogP) is 2.74. The summed E-state index contributed by atoms with van der Waals surface area (Å²) < 4.78 is 104. The number of nitrogens with zero attached hydrogens (tertiary/aromatic N) is 4. The molecule has 0 aliphatic carbocycles. The molecule has 0 saturated carbocycles. The molecule has 0 amide bonds. The number of alkyl halides is 3. The van der Waals surface area contributed by atoms with Gasteiger partial charge >= 0.3 is 12.1 Å². The average molecular weight is 675 g/mol. The highest BCUT2D eigenvalue weighted by molar-refractivity contribution is 7.92. The van der Waals surface area contributed by atoms with Crippen molar-refractivity contribution in [3.05, 3.63) is 64.1 Å². The molecule has 0 bridgehead atoms. The fraction of sp³-hybridized carbons (Fsp3) is 0.348. The number of carboxylic acids is 1. The standard InChI is InChI=1S/C21H23F2N5O2S2.C2HF3O2.H3NO2S/c1-14-7-21(32(29,30)26-20-12-31-13-25-20)24-9-19(14)27(2)17-5-6-28(11-17)10-15-8-16(22)3-4-18(15)23;3-2(4,5)1(6)7;1-4(2)3/h3-4,7-9,12-13,17,26H,5-6,10-11H2,1-2H3;(H,6,7);4H,(H2,1,2,3)/t17-;;/m0../s1. The molecule has 4 N–H and O–H groups in total. The van der Waals surface area contributed by atoms with Crippen molar-refractivity contribution in [2.24, 2.45) is 5.14 Å². The van der Waals surface area contributed by atoms with Crippen molar-refractivity contribution in [2.75, 3.05) is 29.8 Å². The molecule has 20 heteroatoms. The fourth-order valence-electron chi connectivity index (χ4n) is 3.87. The van der Waals surface area contributed by atoms with Crippen molar-refractivity contribution < 1.29 is 48.7 Å². The maximum absolute atomic E-state index is 14.0. The second kappa shape index (κ2) is 15.3. The van der Waals surface area contributed by atoms with Crippen LogP contribution in [-0.4, -0.2) is 75.1 Å². The van der Waals surface area contributed by atoms with E-state index >= 15 is 0 Å². The number of thiazole rings is 1. The van der Waals surface area contributed by atoms with E-state index in [-0.39, 0.29) is 16.9 Å². The van der Waals surface area contributed by atoms with Gasteiger partial charge in [-0.3, -0.25) is 9.62 Å². The summed E-state index contributed by atoms with van der Waals surface area (Å²) in [7, 11) is -4.52. The Bertz CT molecular complexity index is 1560. The van der Waals surface area contributed by atoms with Crippen LogP contribution in [0.3, 0.4) is 0 Å². The quantitative estimate of drug-likeness (QED) is 0.215. The summed E-state index contributed by atoms with van der Waals surface area (Å²) >= 11 is 1.29. The van der Waals surface area contributed by atoms with Crippen LogP contribution >= 0.6 is 11.3 Å². The number of likely N-dealkylation sites (tertiary alicyclic amines) is 1. The van der Waals surface area contributed by atoms with E-state index in [9.17, 15) is 30.4 Å². The first-order chi connectivity index (χ1) is 19.9. The second-order valence-electron chi connectivity index (χ2n) is 8.90. The Balaban J connectivity index is 0.000000502. The van der Waals surface area contributed by atoms with E-state index in [1.807, 2.05) is 14.0 Å². The summed E-state index contributed by atoms with van der Waals surface area (Å²) in [6, 6.07) is 5.18. The molecular formula is C23H27F5N6O6S3. The molecule has 1 saturated heterocycles. The summed E-state index contributed by atoms with van der Waals surface area (Å²) in [5.74, 6) is -3.36. The lowest BCUT2D eigenvalue weighted by molar-refractivity contribution is -0.192. The Morgan fingerprint density at radius 1 is 1.26 bits per heavy atom. The molecule has 43 heavy (non-hydrogen) atoms. The molecule has 0 spiro atoms. The summed E-state index contributed by atoms with van der Waals surface area (Å²) in [5.41, 5.74) is 3.48. The lowest BCUT2D eigenvalue weighted by Crippen LogP contribution is -2.35. The van der Waals surface area contributed by atoms with Gasteiger partial charge in [0.2, 0.25) is 0 Å². The van der Waals surface area contributed by atoms with Crippen molar-refractivity contribution in [3.63, 3.8) is 0 Å². The maximum atomic E-state index is 14.0. The van der Waals surface area contributed by atoms with Gasteiger partial charge in [-0.05, 0) is 43.2 Å². The van der Waals surface area contributed by atoms with Crippen LogP contribution in [0.25, 0.3) is 0 Å². The van der Waals surface area contributed by atoms with Gasteiger partial charge in [-0.25, -0.2) is 37.1 Å². The Hall–Kier alpha value is -3.46. The van der Waals surface area contributed by atoms with Gasteiger partial charge in [0.15, 0.2) is 21.7 Å². The monoisotopic (exact) mass is 674 g/mol. The van der Waals surface area contributed by atoms with Crippen LogP contribution in [0, 0.1) is 18.6 Å². The molecule has 238 valence electrons. The number of aliphatic carboxylic acids is 1. The number of hydrogen-bond acceptors (Lipinski definition) is 10. The summed E-state index contributed by atoms with van der Waals surface area (Å²) in [5, 5.41) is 12.7.